The fraction of sp³-hybridized carbons (Fsp3) is 0.571. The van der Waals surface area contributed by atoms with Crippen molar-refractivity contribution in [1.82, 2.24) is 4.90 Å². The Morgan fingerprint density at radius 2 is 2.09 bits per heavy atom. The van der Waals surface area contributed by atoms with Crippen molar-refractivity contribution in [2.45, 2.75) is 31.0 Å². The van der Waals surface area contributed by atoms with Crippen LogP contribution in [0.3, 0.4) is 0 Å². The minimum absolute atomic E-state index is 0.314. The number of amidine groups is 1. The van der Waals surface area contributed by atoms with Crippen LogP contribution >= 0.6 is 22.8 Å². The first-order valence-corrected chi connectivity index (χ1v) is 10.8. The van der Waals surface area contributed by atoms with Crippen molar-refractivity contribution >= 4 is 35.0 Å². The van der Waals surface area contributed by atoms with Gasteiger partial charge in [-0.2, -0.15) is 0 Å². The van der Waals surface area contributed by atoms with E-state index in [0.29, 0.717) is 22.6 Å². The molecule has 1 saturated heterocycles. The van der Waals surface area contributed by atoms with Crippen molar-refractivity contribution in [2.24, 2.45) is 10.7 Å². The van der Waals surface area contributed by atoms with Gasteiger partial charge in [-0.25, -0.2) is 4.99 Å². The standard InChI is InChI=1S/C14H23BrN3O3P/c1-8-17-13(16)9(15)7-18(8)14-12(20)11(19)10(21-14)5-6-22(2,3)4/h7,10-12,14,19-20H,1-2,5-6H2,3-4H3,(H2,16,17)/t10-,11-,12-,14-/m1/s1. The van der Waals surface area contributed by atoms with E-state index in [0.717, 1.165) is 6.16 Å². The van der Waals surface area contributed by atoms with Gasteiger partial charge in [-0.05, 0) is 41.8 Å². The van der Waals surface area contributed by atoms with E-state index >= 15 is 0 Å². The third kappa shape index (κ3) is 3.84. The Balaban J connectivity index is 2.10. The van der Waals surface area contributed by atoms with E-state index in [-0.39, 0.29) is 0 Å². The molecule has 6 nitrogen and oxygen atoms in total. The highest BCUT2D eigenvalue weighted by molar-refractivity contribution is 9.12. The first-order valence-electron chi connectivity index (χ1n) is 6.98. The molecule has 2 aliphatic rings. The molecule has 0 saturated carbocycles. The lowest BCUT2D eigenvalue weighted by molar-refractivity contribution is -0.0578. The molecular formula is C14H23BrN3O3P. The van der Waals surface area contributed by atoms with Crippen LogP contribution in [0.5, 0.6) is 0 Å². The average Bonchev–Trinajstić information content (AvgIpc) is 2.68. The normalized spacial score (nSPS) is 33.0. The minimum Gasteiger partial charge on any atom is -0.388 e. The van der Waals surface area contributed by atoms with E-state index in [9.17, 15) is 10.2 Å². The summed E-state index contributed by atoms with van der Waals surface area (Å²) in [5.41, 5.74) is 5.71. The summed E-state index contributed by atoms with van der Waals surface area (Å²) >= 11 is 3.29. The molecule has 0 unspecified atom stereocenters. The monoisotopic (exact) mass is 391 g/mol. The third-order valence-electron chi connectivity index (χ3n) is 3.67. The second-order valence-corrected chi connectivity index (χ2v) is 11.5. The number of ether oxygens (including phenoxy) is 1. The average molecular weight is 392 g/mol. The molecule has 8 heteroatoms. The van der Waals surface area contributed by atoms with E-state index in [2.05, 4.69) is 47.1 Å². The third-order valence-corrected chi connectivity index (χ3v) is 5.75. The van der Waals surface area contributed by atoms with Crippen molar-refractivity contribution in [3.63, 3.8) is 0 Å². The number of nitrogens with zero attached hydrogens (tertiary/aromatic N) is 2. The molecule has 0 bridgehead atoms. The van der Waals surface area contributed by atoms with Crippen molar-refractivity contribution < 1.29 is 14.9 Å². The van der Waals surface area contributed by atoms with Crippen LogP contribution in [-0.2, 0) is 4.74 Å². The van der Waals surface area contributed by atoms with Gasteiger partial charge in [0.15, 0.2) is 6.23 Å². The summed E-state index contributed by atoms with van der Waals surface area (Å²) < 4.78 is 6.44. The van der Waals surface area contributed by atoms with Crippen LogP contribution in [0.15, 0.2) is 28.1 Å². The number of aliphatic hydroxyl groups is 2. The number of nitrogens with two attached hydrogens (primary N) is 1. The van der Waals surface area contributed by atoms with E-state index in [1.165, 1.54) is 0 Å². The van der Waals surface area contributed by atoms with Gasteiger partial charge in [0.2, 0.25) is 0 Å². The molecule has 1 fully saturated rings. The van der Waals surface area contributed by atoms with Crippen LogP contribution in [0.25, 0.3) is 0 Å². The summed E-state index contributed by atoms with van der Waals surface area (Å²) in [5.74, 6) is 0.678. The Morgan fingerprint density at radius 3 is 2.68 bits per heavy atom. The van der Waals surface area contributed by atoms with Crippen LogP contribution in [0.4, 0.5) is 0 Å². The summed E-state index contributed by atoms with van der Waals surface area (Å²) in [6, 6.07) is 0. The smallest absolute Gasteiger partial charge is 0.164 e. The topological polar surface area (TPSA) is 91.3 Å². The van der Waals surface area contributed by atoms with E-state index in [4.69, 9.17) is 10.5 Å². The van der Waals surface area contributed by atoms with Gasteiger partial charge in [-0.1, -0.05) is 6.58 Å². The van der Waals surface area contributed by atoms with Gasteiger partial charge < -0.3 is 25.6 Å². The van der Waals surface area contributed by atoms with Crippen LogP contribution in [0.2, 0.25) is 0 Å². The molecule has 0 aromatic carbocycles. The summed E-state index contributed by atoms with van der Waals surface area (Å²) in [5, 5.41) is 20.5. The van der Waals surface area contributed by atoms with Gasteiger partial charge in [-0.3, -0.25) is 0 Å². The number of halogens is 1. The van der Waals surface area contributed by atoms with Crippen molar-refractivity contribution in [3.05, 3.63) is 23.1 Å². The molecular weight excluding hydrogens is 369 g/mol. The van der Waals surface area contributed by atoms with Gasteiger partial charge >= 0.3 is 0 Å². The second kappa shape index (κ2) is 6.49. The molecule has 0 aromatic heterocycles. The molecule has 4 N–H and O–H groups in total. The van der Waals surface area contributed by atoms with E-state index in [1.54, 1.807) is 11.1 Å². The number of hydrogen-bond acceptors (Lipinski definition) is 6. The quantitative estimate of drug-likeness (QED) is 0.619. The molecule has 0 radical (unpaired) electrons. The maximum Gasteiger partial charge on any atom is 0.164 e. The molecule has 0 aliphatic carbocycles. The zero-order chi connectivity index (χ0) is 16.7. The van der Waals surface area contributed by atoms with Crippen LogP contribution in [0.1, 0.15) is 6.42 Å². The lowest BCUT2D eigenvalue weighted by Crippen LogP contribution is -2.42. The molecule has 22 heavy (non-hydrogen) atoms. The summed E-state index contributed by atoms with van der Waals surface area (Å²) in [6.07, 6.45) is 4.22. The molecule has 2 heterocycles. The Labute approximate surface area is 139 Å². The molecule has 2 aliphatic heterocycles. The molecule has 0 aromatic rings. The Hall–Kier alpha value is -0.590. The van der Waals surface area contributed by atoms with Gasteiger partial charge in [0.05, 0.1) is 10.6 Å². The zero-order valence-corrected chi connectivity index (χ0v) is 15.3. The maximum absolute atomic E-state index is 10.3. The maximum atomic E-state index is 10.3. The number of aliphatic hydroxyl groups excluding tert-OH is 2. The Kier molecular flexibility index (Phi) is 5.24. The fourth-order valence-corrected chi connectivity index (χ4v) is 3.67. The number of hydrogen-bond donors (Lipinski definition) is 3. The second-order valence-electron chi connectivity index (χ2n) is 6.29. The van der Waals surface area contributed by atoms with Gasteiger partial charge in [0.25, 0.3) is 0 Å². The lowest BCUT2D eigenvalue weighted by atomic mass is 10.1. The highest BCUT2D eigenvalue weighted by Gasteiger charge is 2.45. The minimum atomic E-state index is -1.21. The Bertz CT molecular complexity index is 572. The van der Waals surface area contributed by atoms with E-state index in [1.807, 2.05) is 0 Å². The van der Waals surface area contributed by atoms with Crippen molar-refractivity contribution in [1.29, 1.82) is 0 Å². The molecule has 4 atom stereocenters. The van der Waals surface area contributed by atoms with Crippen LogP contribution in [0, 0.1) is 0 Å². The van der Waals surface area contributed by atoms with Crippen molar-refractivity contribution in [3.8, 4) is 0 Å². The van der Waals surface area contributed by atoms with E-state index < -0.39 is 31.4 Å². The zero-order valence-electron chi connectivity index (χ0n) is 12.8. The van der Waals surface area contributed by atoms with Crippen LogP contribution in [-0.4, -0.2) is 71.3 Å². The first kappa shape index (κ1) is 17.8. The molecule has 0 spiro atoms. The highest BCUT2D eigenvalue weighted by atomic mass is 79.9. The van der Waals surface area contributed by atoms with Gasteiger partial charge in [-0.15, -0.1) is 13.2 Å². The Morgan fingerprint density at radius 1 is 1.45 bits per heavy atom. The summed E-state index contributed by atoms with van der Waals surface area (Å²) in [6.45, 7) is 6.86. The summed E-state index contributed by atoms with van der Waals surface area (Å²) in [7, 11) is 0. The van der Waals surface area contributed by atoms with Crippen molar-refractivity contribution in [2.75, 3.05) is 19.5 Å². The lowest BCUT2D eigenvalue weighted by Gasteiger charge is -2.31. The van der Waals surface area contributed by atoms with Gasteiger partial charge in [0, 0.05) is 6.20 Å². The predicted octanol–water partition coefficient (Wildman–Crippen LogP) is 0.913. The van der Waals surface area contributed by atoms with Crippen LogP contribution < -0.4 is 5.73 Å². The number of rotatable bonds is 4. The van der Waals surface area contributed by atoms with Gasteiger partial charge in [0.1, 0.15) is 23.9 Å². The molecule has 0 amide bonds. The highest BCUT2D eigenvalue weighted by Crippen LogP contribution is 2.39. The first-order chi connectivity index (χ1) is 10.1. The summed E-state index contributed by atoms with van der Waals surface area (Å²) in [4.78, 5) is 5.68. The fourth-order valence-electron chi connectivity index (χ4n) is 2.41. The molecule has 2 rings (SSSR count). The molecule has 124 valence electrons. The largest absolute Gasteiger partial charge is 0.388 e. The predicted molar refractivity (Wildman–Crippen MR) is 95.7 cm³/mol. The number of aliphatic imine (C=N–C) groups is 1. The SMILES string of the molecule is C=C1N=C(N)C(Br)=CN1[C@@H]1O[C@H](CCP(=C)(C)C)[C@@H](O)[C@H]1O.